The normalized spacial score (nSPS) is 24.8. The molecule has 2 rings (SSSR count). The van der Waals surface area contributed by atoms with E-state index in [1.807, 2.05) is 24.3 Å². The van der Waals surface area contributed by atoms with E-state index < -0.39 is 0 Å². The molecule has 0 heterocycles. The van der Waals surface area contributed by atoms with Crippen molar-refractivity contribution in [1.29, 1.82) is 0 Å². The van der Waals surface area contributed by atoms with Gasteiger partial charge in [0.2, 0.25) is 0 Å². The Kier molecular flexibility index (Phi) is 6.97. The summed E-state index contributed by atoms with van der Waals surface area (Å²) in [5.41, 5.74) is 1.11. The van der Waals surface area contributed by atoms with E-state index in [2.05, 4.69) is 19.2 Å². The number of benzene rings is 1. The van der Waals surface area contributed by atoms with E-state index in [-0.39, 0.29) is 12.2 Å². The van der Waals surface area contributed by atoms with Crippen LogP contribution in [-0.4, -0.2) is 31.4 Å². The highest BCUT2D eigenvalue weighted by molar-refractivity contribution is 6.30. The molecule has 1 N–H and O–H groups in total. The van der Waals surface area contributed by atoms with Crippen molar-refractivity contribution in [3.63, 3.8) is 0 Å². The zero-order chi connectivity index (χ0) is 15.1. The molecule has 1 aliphatic rings. The second-order valence-corrected chi connectivity index (χ2v) is 6.05. The average molecular weight is 312 g/mol. The minimum Gasteiger partial charge on any atom is -0.374 e. The van der Waals surface area contributed by atoms with Crippen LogP contribution in [0.1, 0.15) is 38.7 Å². The smallest absolute Gasteiger partial charge is 0.0990 e. The zero-order valence-corrected chi connectivity index (χ0v) is 13.7. The molecule has 0 amide bonds. The number of hydrogen-bond acceptors (Lipinski definition) is 3. The molecule has 1 aromatic rings. The van der Waals surface area contributed by atoms with Crippen LogP contribution in [0.15, 0.2) is 24.3 Å². The molecule has 1 saturated carbocycles. The first-order valence-electron chi connectivity index (χ1n) is 7.95. The van der Waals surface area contributed by atoms with E-state index >= 15 is 0 Å². The summed E-state index contributed by atoms with van der Waals surface area (Å²) in [6, 6.07) is 8.26. The lowest BCUT2D eigenvalue weighted by atomic mass is 9.85. The molecule has 1 fully saturated rings. The van der Waals surface area contributed by atoms with Crippen molar-refractivity contribution in [3.05, 3.63) is 34.9 Å². The lowest BCUT2D eigenvalue weighted by Gasteiger charge is -2.44. The summed E-state index contributed by atoms with van der Waals surface area (Å²) in [4.78, 5) is 0. The van der Waals surface area contributed by atoms with Crippen LogP contribution in [0, 0.1) is 0 Å². The fourth-order valence-corrected chi connectivity index (χ4v) is 2.79. The van der Waals surface area contributed by atoms with Crippen molar-refractivity contribution in [3.8, 4) is 0 Å². The van der Waals surface area contributed by atoms with Gasteiger partial charge < -0.3 is 14.8 Å². The Morgan fingerprint density at radius 2 is 2.10 bits per heavy atom. The van der Waals surface area contributed by atoms with Crippen molar-refractivity contribution in [2.75, 3.05) is 13.2 Å². The Hall–Kier alpha value is -0.610. The van der Waals surface area contributed by atoms with Gasteiger partial charge in [-0.25, -0.2) is 0 Å². The first-order valence-corrected chi connectivity index (χ1v) is 8.33. The van der Waals surface area contributed by atoms with Gasteiger partial charge in [-0.05, 0) is 43.5 Å². The number of nitrogens with one attached hydrogen (secondary N) is 1. The van der Waals surface area contributed by atoms with E-state index in [4.69, 9.17) is 21.1 Å². The highest BCUT2D eigenvalue weighted by Crippen LogP contribution is 2.28. The molecule has 118 valence electrons. The second kappa shape index (κ2) is 8.74. The van der Waals surface area contributed by atoms with Crippen LogP contribution >= 0.6 is 11.6 Å². The minimum absolute atomic E-state index is 0.177. The average Bonchev–Trinajstić information content (AvgIpc) is 2.46. The molecule has 3 unspecified atom stereocenters. The quantitative estimate of drug-likeness (QED) is 0.752. The third-order valence-corrected chi connectivity index (χ3v) is 4.01. The van der Waals surface area contributed by atoms with E-state index in [0.29, 0.717) is 12.6 Å². The maximum absolute atomic E-state index is 6.02. The number of rotatable bonds is 9. The minimum atomic E-state index is 0.177. The molecule has 3 nitrogen and oxygen atoms in total. The van der Waals surface area contributed by atoms with Gasteiger partial charge in [-0.1, -0.05) is 37.6 Å². The Bertz CT molecular complexity index is 427. The molecular weight excluding hydrogens is 286 g/mol. The molecule has 0 aliphatic heterocycles. The van der Waals surface area contributed by atoms with Crippen molar-refractivity contribution in [2.24, 2.45) is 0 Å². The lowest BCUT2D eigenvalue weighted by Crippen LogP contribution is -2.60. The first kappa shape index (κ1) is 16.8. The molecule has 0 spiro atoms. The van der Waals surface area contributed by atoms with Gasteiger partial charge in [-0.2, -0.15) is 0 Å². The largest absolute Gasteiger partial charge is 0.374 e. The van der Waals surface area contributed by atoms with Crippen molar-refractivity contribution in [2.45, 2.75) is 58.0 Å². The Morgan fingerprint density at radius 3 is 2.81 bits per heavy atom. The lowest BCUT2D eigenvalue weighted by molar-refractivity contribution is -0.152. The van der Waals surface area contributed by atoms with E-state index in [0.717, 1.165) is 43.0 Å². The van der Waals surface area contributed by atoms with E-state index in [9.17, 15) is 0 Å². The Balaban J connectivity index is 1.81. The fraction of sp³-hybridized carbons (Fsp3) is 0.647. The van der Waals surface area contributed by atoms with Crippen molar-refractivity contribution >= 4 is 11.6 Å². The monoisotopic (exact) mass is 311 g/mol. The van der Waals surface area contributed by atoms with Crippen molar-refractivity contribution in [1.82, 2.24) is 5.32 Å². The van der Waals surface area contributed by atoms with Crippen LogP contribution in [0.25, 0.3) is 0 Å². The van der Waals surface area contributed by atoms with E-state index in [1.54, 1.807) is 0 Å². The number of hydrogen-bond donors (Lipinski definition) is 1. The molecule has 0 radical (unpaired) electrons. The highest BCUT2D eigenvalue weighted by atomic mass is 35.5. The summed E-state index contributed by atoms with van der Waals surface area (Å²) in [6.45, 7) is 6.75. The SMILES string of the molecule is CCCNC1CC(OCc2cccc(Cl)c2)C1OCCC. The maximum atomic E-state index is 6.02. The van der Waals surface area contributed by atoms with Gasteiger partial charge in [-0.3, -0.25) is 0 Å². The Labute approximate surface area is 133 Å². The van der Waals surface area contributed by atoms with Crippen LogP contribution in [0.5, 0.6) is 0 Å². The summed E-state index contributed by atoms with van der Waals surface area (Å²) in [6.07, 6.45) is 3.57. The molecule has 21 heavy (non-hydrogen) atoms. The molecular formula is C17H26ClNO2. The molecule has 1 aliphatic carbocycles. The molecule has 4 heteroatoms. The van der Waals surface area contributed by atoms with Crippen LogP contribution in [0.2, 0.25) is 5.02 Å². The number of halogens is 1. The summed E-state index contributed by atoms with van der Waals surface area (Å²) >= 11 is 6.00. The highest BCUT2D eigenvalue weighted by Gasteiger charge is 2.42. The van der Waals surface area contributed by atoms with Crippen LogP contribution in [0.3, 0.4) is 0 Å². The first-order chi connectivity index (χ1) is 10.2. The molecule has 0 aromatic heterocycles. The van der Waals surface area contributed by atoms with Gasteiger partial charge >= 0.3 is 0 Å². The standard InChI is InChI=1S/C17H26ClNO2/c1-3-8-19-15-11-16(17(15)20-9-4-2)21-12-13-6-5-7-14(18)10-13/h5-7,10,15-17,19H,3-4,8-9,11-12H2,1-2H3. The molecule has 1 aromatic carbocycles. The van der Waals surface area contributed by atoms with Gasteiger partial charge in [0.1, 0.15) is 0 Å². The summed E-state index contributed by atoms with van der Waals surface area (Å²) in [5.74, 6) is 0. The number of ether oxygens (including phenoxy) is 2. The molecule has 0 saturated heterocycles. The van der Waals surface area contributed by atoms with E-state index in [1.165, 1.54) is 0 Å². The molecule has 3 atom stereocenters. The van der Waals surface area contributed by atoms with Crippen LogP contribution in [0.4, 0.5) is 0 Å². The second-order valence-electron chi connectivity index (χ2n) is 5.61. The van der Waals surface area contributed by atoms with Gasteiger partial charge in [0.25, 0.3) is 0 Å². The Morgan fingerprint density at radius 1 is 1.24 bits per heavy atom. The maximum Gasteiger partial charge on any atom is 0.0990 e. The summed E-state index contributed by atoms with van der Waals surface area (Å²) in [7, 11) is 0. The van der Waals surface area contributed by atoms with Crippen molar-refractivity contribution < 1.29 is 9.47 Å². The van der Waals surface area contributed by atoms with Gasteiger partial charge in [0, 0.05) is 17.7 Å². The predicted octanol–water partition coefficient (Wildman–Crippen LogP) is 3.79. The third-order valence-electron chi connectivity index (χ3n) is 3.77. The summed E-state index contributed by atoms with van der Waals surface area (Å²) < 4.78 is 12.0. The van der Waals surface area contributed by atoms with Gasteiger partial charge in [0.15, 0.2) is 0 Å². The molecule has 0 bridgehead atoms. The van der Waals surface area contributed by atoms with Crippen LogP contribution < -0.4 is 5.32 Å². The topological polar surface area (TPSA) is 30.5 Å². The zero-order valence-electron chi connectivity index (χ0n) is 13.0. The van der Waals surface area contributed by atoms with Gasteiger partial charge in [-0.15, -0.1) is 0 Å². The predicted molar refractivity (Wildman–Crippen MR) is 86.8 cm³/mol. The summed E-state index contributed by atoms with van der Waals surface area (Å²) in [5, 5.41) is 4.29. The van der Waals surface area contributed by atoms with Crippen LogP contribution in [-0.2, 0) is 16.1 Å². The third kappa shape index (κ3) is 4.96. The fourth-order valence-electron chi connectivity index (χ4n) is 2.58. The van der Waals surface area contributed by atoms with Gasteiger partial charge in [0.05, 0.1) is 18.8 Å².